The molecule has 0 unspecified atom stereocenters. The van der Waals surface area contributed by atoms with Crippen LogP contribution in [0.4, 0.5) is 0 Å². The largest absolute Gasteiger partial charge is 0.357 e. The fraction of sp³-hybridized carbons (Fsp3) is 0.579. The van der Waals surface area contributed by atoms with Gasteiger partial charge in [-0.1, -0.05) is 30.3 Å². The van der Waals surface area contributed by atoms with Crippen molar-refractivity contribution in [2.24, 2.45) is 4.99 Å². The number of guanidine groups is 1. The van der Waals surface area contributed by atoms with E-state index in [0.717, 1.165) is 45.2 Å². The molecule has 0 radical (unpaired) electrons. The molecule has 2 aliphatic rings. The zero-order valence-corrected chi connectivity index (χ0v) is 14.8. The fourth-order valence-corrected chi connectivity index (χ4v) is 3.37. The Kier molecular flexibility index (Phi) is 5.07. The molecule has 5 heteroatoms. The molecule has 1 aliphatic heterocycles. The van der Waals surface area contributed by atoms with Crippen LogP contribution in [-0.4, -0.2) is 60.9 Å². The Hall–Kier alpha value is -2.04. The lowest BCUT2D eigenvalue weighted by Gasteiger charge is -2.36. The molecule has 1 aromatic carbocycles. The molecule has 1 aliphatic carbocycles. The molecule has 1 N–H and O–H groups in total. The average molecular weight is 328 g/mol. The second kappa shape index (κ2) is 7.24. The zero-order chi connectivity index (χ0) is 17.0. The molecule has 24 heavy (non-hydrogen) atoms. The van der Waals surface area contributed by atoms with Gasteiger partial charge in [0.1, 0.15) is 0 Å². The minimum Gasteiger partial charge on any atom is -0.357 e. The van der Waals surface area contributed by atoms with E-state index in [1.807, 2.05) is 4.90 Å². The Morgan fingerprint density at radius 2 is 1.75 bits per heavy atom. The van der Waals surface area contributed by atoms with Crippen molar-refractivity contribution in [1.82, 2.24) is 15.1 Å². The Bertz CT molecular complexity index is 587. The van der Waals surface area contributed by atoms with Crippen molar-refractivity contribution in [3.05, 3.63) is 35.9 Å². The van der Waals surface area contributed by atoms with E-state index in [2.05, 4.69) is 47.5 Å². The van der Waals surface area contributed by atoms with E-state index in [1.165, 1.54) is 18.4 Å². The summed E-state index contributed by atoms with van der Waals surface area (Å²) >= 11 is 0. The van der Waals surface area contributed by atoms with Crippen molar-refractivity contribution in [3.8, 4) is 0 Å². The van der Waals surface area contributed by atoms with Crippen molar-refractivity contribution in [2.75, 3.05) is 39.3 Å². The van der Waals surface area contributed by atoms with Gasteiger partial charge in [-0.05, 0) is 25.3 Å². The van der Waals surface area contributed by atoms with Crippen molar-refractivity contribution >= 4 is 11.9 Å². The number of nitrogens with one attached hydrogen (secondary N) is 1. The third-order valence-corrected chi connectivity index (χ3v) is 5.13. The third kappa shape index (κ3) is 3.71. The number of rotatable bonds is 4. The number of carbonyl (C=O) groups is 1. The number of piperazine rings is 1. The van der Waals surface area contributed by atoms with Crippen LogP contribution in [0.2, 0.25) is 0 Å². The minimum absolute atomic E-state index is 0.164. The smallest absolute Gasteiger partial charge is 0.219 e. The molecule has 1 saturated heterocycles. The Balaban J connectivity index is 1.66. The number of nitrogens with zero attached hydrogens (tertiary/aromatic N) is 3. The van der Waals surface area contributed by atoms with Crippen LogP contribution >= 0.6 is 0 Å². The molecular weight excluding hydrogens is 300 g/mol. The standard InChI is InChI=1S/C19H28N4O/c1-3-20-18(23-13-11-22(12-14-23)16(2)24)21-15-19(9-10-19)17-7-5-4-6-8-17/h4-8H,3,9-15H2,1-2H3,(H,20,21). The predicted molar refractivity (Wildman–Crippen MR) is 97.2 cm³/mol. The number of carbonyl (C=O) groups excluding carboxylic acids is 1. The lowest BCUT2D eigenvalue weighted by Crippen LogP contribution is -2.53. The number of hydrogen-bond donors (Lipinski definition) is 1. The summed E-state index contributed by atoms with van der Waals surface area (Å²) in [4.78, 5) is 20.6. The lowest BCUT2D eigenvalue weighted by atomic mass is 9.96. The topological polar surface area (TPSA) is 47.9 Å². The normalized spacial score (nSPS) is 20.0. The van der Waals surface area contributed by atoms with E-state index in [-0.39, 0.29) is 11.3 Å². The summed E-state index contributed by atoms with van der Waals surface area (Å²) in [6, 6.07) is 10.8. The van der Waals surface area contributed by atoms with Gasteiger partial charge < -0.3 is 15.1 Å². The van der Waals surface area contributed by atoms with E-state index < -0.39 is 0 Å². The van der Waals surface area contributed by atoms with Crippen LogP contribution in [0.1, 0.15) is 32.3 Å². The molecule has 0 bridgehead atoms. The number of amides is 1. The summed E-state index contributed by atoms with van der Waals surface area (Å²) < 4.78 is 0. The molecule has 1 heterocycles. The van der Waals surface area contributed by atoms with Crippen molar-refractivity contribution in [2.45, 2.75) is 32.1 Å². The van der Waals surface area contributed by atoms with Gasteiger partial charge in [-0.15, -0.1) is 0 Å². The van der Waals surface area contributed by atoms with Crippen molar-refractivity contribution < 1.29 is 4.79 Å². The minimum atomic E-state index is 0.164. The lowest BCUT2D eigenvalue weighted by molar-refractivity contribution is -0.130. The Morgan fingerprint density at radius 1 is 1.12 bits per heavy atom. The summed E-state index contributed by atoms with van der Waals surface area (Å²) in [6.45, 7) is 8.72. The average Bonchev–Trinajstić information content (AvgIpc) is 3.41. The van der Waals surface area contributed by atoms with Crippen molar-refractivity contribution in [3.63, 3.8) is 0 Å². The van der Waals surface area contributed by atoms with Gasteiger partial charge in [0.15, 0.2) is 5.96 Å². The quantitative estimate of drug-likeness (QED) is 0.678. The summed E-state index contributed by atoms with van der Waals surface area (Å²) in [5, 5.41) is 3.42. The molecule has 2 fully saturated rings. The first-order valence-corrected chi connectivity index (χ1v) is 8.99. The zero-order valence-electron chi connectivity index (χ0n) is 14.8. The summed E-state index contributed by atoms with van der Waals surface area (Å²) in [7, 11) is 0. The van der Waals surface area contributed by atoms with Crippen LogP contribution in [0.25, 0.3) is 0 Å². The molecule has 130 valence electrons. The maximum absolute atomic E-state index is 11.5. The maximum atomic E-state index is 11.5. The molecular formula is C19H28N4O. The third-order valence-electron chi connectivity index (χ3n) is 5.13. The van der Waals surface area contributed by atoms with Crippen LogP contribution < -0.4 is 5.32 Å². The van der Waals surface area contributed by atoms with Gasteiger partial charge in [0.25, 0.3) is 0 Å². The van der Waals surface area contributed by atoms with Gasteiger partial charge in [-0.3, -0.25) is 9.79 Å². The SMILES string of the molecule is CCNC(=NCC1(c2ccccc2)CC1)N1CCN(C(C)=O)CC1. The Labute approximate surface area is 144 Å². The molecule has 0 aromatic heterocycles. The van der Waals surface area contributed by atoms with Crippen LogP contribution in [0.3, 0.4) is 0 Å². The second-order valence-corrected chi connectivity index (χ2v) is 6.81. The van der Waals surface area contributed by atoms with Crippen LogP contribution in [0.5, 0.6) is 0 Å². The highest BCUT2D eigenvalue weighted by Crippen LogP contribution is 2.48. The first kappa shape index (κ1) is 16.8. The molecule has 1 aromatic rings. The summed E-state index contributed by atoms with van der Waals surface area (Å²) in [5.41, 5.74) is 1.65. The van der Waals surface area contributed by atoms with E-state index in [4.69, 9.17) is 4.99 Å². The van der Waals surface area contributed by atoms with Gasteiger partial charge in [0, 0.05) is 45.1 Å². The fourth-order valence-electron chi connectivity index (χ4n) is 3.37. The van der Waals surface area contributed by atoms with Gasteiger partial charge >= 0.3 is 0 Å². The van der Waals surface area contributed by atoms with Gasteiger partial charge in [0.2, 0.25) is 5.91 Å². The highest BCUT2D eigenvalue weighted by Gasteiger charge is 2.44. The highest BCUT2D eigenvalue weighted by atomic mass is 16.2. The first-order valence-electron chi connectivity index (χ1n) is 8.99. The molecule has 5 nitrogen and oxygen atoms in total. The number of hydrogen-bond acceptors (Lipinski definition) is 2. The Morgan fingerprint density at radius 3 is 2.29 bits per heavy atom. The van der Waals surface area contributed by atoms with E-state index in [0.29, 0.717) is 0 Å². The van der Waals surface area contributed by atoms with Crippen LogP contribution in [0, 0.1) is 0 Å². The molecule has 3 rings (SSSR count). The van der Waals surface area contributed by atoms with E-state index in [9.17, 15) is 4.79 Å². The van der Waals surface area contributed by atoms with Gasteiger partial charge in [-0.2, -0.15) is 0 Å². The molecule has 0 atom stereocenters. The number of aliphatic imine (C=N–C) groups is 1. The van der Waals surface area contributed by atoms with Crippen LogP contribution in [-0.2, 0) is 10.2 Å². The van der Waals surface area contributed by atoms with E-state index in [1.54, 1.807) is 6.92 Å². The molecule has 1 saturated carbocycles. The summed E-state index contributed by atoms with van der Waals surface area (Å²) in [6.07, 6.45) is 2.44. The van der Waals surface area contributed by atoms with E-state index >= 15 is 0 Å². The van der Waals surface area contributed by atoms with Crippen LogP contribution in [0.15, 0.2) is 35.3 Å². The van der Waals surface area contributed by atoms with Gasteiger partial charge in [-0.25, -0.2) is 0 Å². The highest BCUT2D eigenvalue weighted by molar-refractivity contribution is 5.80. The monoisotopic (exact) mass is 328 g/mol. The number of benzene rings is 1. The summed E-state index contributed by atoms with van der Waals surface area (Å²) in [5.74, 6) is 1.15. The van der Waals surface area contributed by atoms with Gasteiger partial charge in [0.05, 0.1) is 6.54 Å². The molecule has 1 amide bonds. The predicted octanol–water partition coefficient (Wildman–Crippen LogP) is 1.85. The first-order chi connectivity index (χ1) is 11.6. The molecule has 0 spiro atoms. The maximum Gasteiger partial charge on any atom is 0.219 e. The second-order valence-electron chi connectivity index (χ2n) is 6.81. The van der Waals surface area contributed by atoms with Crippen molar-refractivity contribution in [1.29, 1.82) is 0 Å².